The van der Waals surface area contributed by atoms with Crippen LogP contribution >= 0.6 is 11.8 Å². The van der Waals surface area contributed by atoms with Crippen LogP contribution in [0.15, 0.2) is 58.5 Å². The number of benzene rings is 2. The second kappa shape index (κ2) is 7.92. The summed E-state index contributed by atoms with van der Waals surface area (Å²) in [4.78, 5) is 33.3. The molecule has 6 nitrogen and oxygen atoms in total. The summed E-state index contributed by atoms with van der Waals surface area (Å²) in [6.07, 6.45) is 1.74. The quantitative estimate of drug-likeness (QED) is 0.386. The second-order valence-corrected chi connectivity index (χ2v) is 7.54. The van der Waals surface area contributed by atoms with Crippen molar-refractivity contribution in [2.24, 2.45) is 5.73 Å². The molecule has 156 valence electrons. The van der Waals surface area contributed by atoms with Gasteiger partial charge in [0.05, 0.1) is 5.69 Å². The second-order valence-electron chi connectivity index (χ2n) is 6.77. The summed E-state index contributed by atoms with van der Waals surface area (Å²) in [6.45, 7) is 1.83. The molecule has 0 saturated heterocycles. The van der Waals surface area contributed by atoms with Gasteiger partial charge in [0, 0.05) is 22.6 Å². The van der Waals surface area contributed by atoms with Crippen LogP contribution in [0.4, 0.5) is 8.78 Å². The lowest BCUT2D eigenvalue weighted by molar-refractivity contribution is 0.100. The summed E-state index contributed by atoms with van der Waals surface area (Å²) in [5.41, 5.74) is 6.41. The molecule has 4 aromatic rings. The average Bonchev–Trinajstić information content (AvgIpc) is 2.74. The molecule has 4 rings (SSSR count). The van der Waals surface area contributed by atoms with Gasteiger partial charge in [-0.05, 0) is 49.1 Å². The number of para-hydroxylation sites is 1. The number of carbonyl (C=O) groups excluding carboxylic acids is 1. The smallest absolute Gasteiger partial charge is 0.256 e. The number of halogens is 2. The molecular weight excluding hydrogens is 422 g/mol. The van der Waals surface area contributed by atoms with Gasteiger partial charge in [0.1, 0.15) is 17.3 Å². The molecule has 2 heterocycles. The number of nitrogens with zero attached hydrogens (tertiary/aromatic N) is 3. The summed E-state index contributed by atoms with van der Waals surface area (Å²) < 4.78 is 30.0. The largest absolute Gasteiger partial charge is 0.366 e. The van der Waals surface area contributed by atoms with Crippen LogP contribution in [0, 0.1) is 18.6 Å². The van der Waals surface area contributed by atoms with E-state index >= 15 is 0 Å². The topological polar surface area (TPSA) is 90.9 Å². The molecule has 31 heavy (non-hydrogen) atoms. The highest BCUT2D eigenvalue weighted by molar-refractivity contribution is 7.98. The van der Waals surface area contributed by atoms with Crippen molar-refractivity contribution in [2.45, 2.75) is 12.1 Å². The van der Waals surface area contributed by atoms with Gasteiger partial charge in [-0.3, -0.25) is 14.2 Å². The molecule has 0 spiro atoms. The Morgan fingerprint density at radius 2 is 1.77 bits per heavy atom. The Hall–Kier alpha value is -3.59. The molecule has 0 aliphatic heterocycles. The highest BCUT2D eigenvalue weighted by Crippen LogP contribution is 2.32. The Bertz CT molecular complexity index is 1400. The number of primary amides is 1. The highest BCUT2D eigenvalue weighted by Gasteiger charge is 2.20. The minimum absolute atomic E-state index is 0.0507. The first-order valence-corrected chi connectivity index (χ1v) is 10.4. The fourth-order valence-electron chi connectivity index (χ4n) is 3.34. The molecule has 0 aliphatic carbocycles. The maximum Gasteiger partial charge on any atom is 0.256 e. The number of hydrogen-bond donors (Lipinski definition) is 1. The van der Waals surface area contributed by atoms with E-state index in [1.807, 2.05) is 6.92 Å². The fraction of sp³-hybridized carbons (Fsp3) is 0.0909. The monoisotopic (exact) mass is 438 g/mol. The normalized spacial score (nSPS) is 11.1. The molecule has 0 aliphatic rings. The fourth-order valence-corrected chi connectivity index (χ4v) is 3.70. The lowest BCUT2D eigenvalue weighted by atomic mass is 9.99. The number of thioether (sulfide) groups is 1. The van der Waals surface area contributed by atoms with Crippen LogP contribution in [-0.4, -0.2) is 26.7 Å². The SMILES string of the molecule is CSc1nc(-c2cc(C(N)=O)ccc2C)c2ccc(=O)n(-c3c(F)cccc3F)c2n1. The van der Waals surface area contributed by atoms with E-state index in [9.17, 15) is 18.4 Å². The van der Waals surface area contributed by atoms with Crippen molar-refractivity contribution in [3.05, 3.63) is 81.6 Å². The van der Waals surface area contributed by atoms with Crippen LogP contribution in [0.1, 0.15) is 15.9 Å². The van der Waals surface area contributed by atoms with E-state index < -0.39 is 28.8 Å². The van der Waals surface area contributed by atoms with Crippen LogP contribution < -0.4 is 11.3 Å². The predicted octanol–water partition coefficient (Wildman–Crippen LogP) is 3.86. The van der Waals surface area contributed by atoms with Crippen molar-refractivity contribution in [1.82, 2.24) is 14.5 Å². The summed E-state index contributed by atoms with van der Waals surface area (Å²) >= 11 is 1.21. The van der Waals surface area contributed by atoms with Gasteiger partial charge in [0.25, 0.3) is 5.56 Å². The number of amides is 1. The number of rotatable bonds is 4. The number of aryl methyl sites for hydroxylation is 1. The maximum absolute atomic E-state index is 14.6. The maximum atomic E-state index is 14.6. The van der Waals surface area contributed by atoms with E-state index in [0.717, 1.165) is 22.3 Å². The summed E-state index contributed by atoms with van der Waals surface area (Å²) in [5, 5.41) is 0.687. The van der Waals surface area contributed by atoms with Crippen LogP contribution in [0.25, 0.3) is 28.0 Å². The van der Waals surface area contributed by atoms with Crippen LogP contribution in [0.2, 0.25) is 0 Å². The molecule has 0 saturated carbocycles. The number of pyridine rings is 1. The summed E-state index contributed by atoms with van der Waals surface area (Å²) in [6, 6.07) is 11.0. The van der Waals surface area contributed by atoms with Crippen LogP contribution in [0.3, 0.4) is 0 Å². The van der Waals surface area contributed by atoms with Gasteiger partial charge in [0.15, 0.2) is 10.8 Å². The van der Waals surface area contributed by atoms with E-state index in [2.05, 4.69) is 9.97 Å². The van der Waals surface area contributed by atoms with Crippen LogP contribution in [-0.2, 0) is 0 Å². The van der Waals surface area contributed by atoms with Crippen molar-refractivity contribution >= 4 is 28.7 Å². The van der Waals surface area contributed by atoms with E-state index in [1.54, 1.807) is 24.5 Å². The predicted molar refractivity (Wildman–Crippen MR) is 116 cm³/mol. The van der Waals surface area contributed by atoms with Crippen molar-refractivity contribution in [1.29, 1.82) is 0 Å². The van der Waals surface area contributed by atoms with Gasteiger partial charge in [-0.15, -0.1) is 0 Å². The molecule has 0 radical (unpaired) electrons. The Balaban J connectivity index is 2.15. The zero-order chi connectivity index (χ0) is 22.3. The lowest BCUT2D eigenvalue weighted by Gasteiger charge is -2.15. The standard InChI is InChI=1S/C22H16F2N4O2S/c1-11-6-7-12(20(25)30)10-14(11)18-13-8-9-17(29)28(21(13)27-22(26-18)31-2)19-15(23)4-3-5-16(19)24/h3-10H,1-2H3,(H2,25,30). The highest BCUT2D eigenvalue weighted by atomic mass is 32.2. The molecule has 0 bridgehead atoms. The third-order valence-corrected chi connectivity index (χ3v) is 5.40. The minimum Gasteiger partial charge on any atom is -0.366 e. The molecule has 9 heteroatoms. The molecule has 2 aromatic heterocycles. The number of nitrogens with two attached hydrogens (primary N) is 1. The first-order valence-electron chi connectivity index (χ1n) is 9.15. The molecule has 2 N–H and O–H groups in total. The Labute approximate surface area is 179 Å². The van der Waals surface area contributed by atoms with Crippen molar-refractivity contribution in [3.63, 3.8) is 0 Å². The third-order valence-electron chi connectivity index (χ3n) is 4.85. The Morgan fingerprint density at radius 3 is 2.42 bits per heavy atom. The summed E-state index contributed by atoms with van der Waals surface area (Å²) in [7, 11) is 0. The summed E-state index contributed by atoms with van der Waals surface area (Å²) in [5.74, 6) is -2.39. The zero-order valence-electron chi connectivity index (χ0n) is 16.5. The zero-order valence-corrected chi connectivity index (χ0v) is 17.3. The molecule has 0 unspecified atom stereocenters. The van der Waals surface area contributed by atoms with Crippen LogP contribution in [0.5, 0.6) is 0 Å². The molecular formula is C22H16F2N4O2S. The lowest BCUT2D eigenvalue weighted by Crippen LogP contribution is -2.21. The van der Waals surface area contributed by atoms with Gasteiger partial charge in [-0.25, -0.2) is 18.7 Å². The van der Waals surface area contributed by atoms with E-state index in [1.165, 1.54) is 30.0 Å². The van der Waals surface area contributed by atoms with Crippen molar-refractivity contribution < 1.29 is 13.6 Å². The Kier molecular flexibility index (Phi) is 5.28. The van der Waals surface area contributed by atoms with Gasteiger partial charge < -0.3 is 5.73 Å². The Morgan fingerprint density at radius 1 is 1.06 bits per heavy atom. The van der Waals surface area contributed by atoms with E-state index in [0.29, 0.717) is 21.8 Å². The number of aromatic nitrogens is 3. The molecule has 0 fully saturated rings. The average molecular weight is 438 g/mol. The van der Waals surface area contributed by atoms with Gasteiger partial charge in [-0.1, -0.05) is 23.9 Å². The van der Waals surface area contributed by atoms with Gasteiger partial charge in [0.2, 0.25) is 5.91 Å². The minimum atomic E-state index is -0.896. The van der Waals surface area contributed by atoms with Gasteiger partial charge in [-0.2, -0.15) is 0 Å². The first kappa shape index (κ1) is 20.7. The van der Waals surface area contributed by atoms with E-state index in [-0.39, 0.29) is 11.2 Å². The first-order chi connectivity index (χ1) is 14.8. The van der Waals surface area contributed by atoms with Crippen molar-refractivity contribution in [2.75, 3.05) is 6.26 Å². The number of hydrogen-bond acceptors (Lipinski definition) is 5. The van der Waals surface area contributed by atoms with Crippen molar-refractivity contribution in [3.8, 4) is 16.9 Å². The van der Waals surface area contributed by atoms with E-state index in [4.69, 9.17) is 5.73 Å². The number of carbonyl (C=O) groups is 1. The molecule has 1 amide bonds. The van der Waals surface area contributed by atoms with Gasteiger partial charge >= 0.3 is 0 Å². The molecule has 0 atom stereocenters. The molecule has 2 aromatic carbocycles. The third kappa shape index (κ3) is 3.57. The number of fused-ring (bicyclic) bond motifs is 1.